The maximum absolute atomic E-state index is 6.24. The number of nitrogens with zero attached hydrogens (tertiary/aromatic N) is 1. The van der Waals surface area contributed by atoms with Crippen LogP contribution < -0.4 is 5.32 Å². The Morgan fingerprint density at radius 1 is 1.14 bits per heavy atom. The summed E-state index contributed by atoms with van der Waals surface area (Å²) in [6, 6.07) is 1.42. The molecule has 2 heterocycles. The number of nitrogens with one attached hydrogen (secondary N) is 1. The molecule has 1 N–H and O–H groups in total. The Balaban J connectivity index is 1.62. The molecule has 3 aliphatic rings. The lowest BCUT2D eigenvalue weighted by Gasteiger charge is -2.46. The fourth-order valence-electron chi connectivity index (χ4n) is 4.80. The maximum atomic E-state index is 6.24. The molecular formula is C18H34N2O. The standard InChI is InChI=1S/C18H34N2O/c1-15(2)20(14-16-5-10-19-11-6-16)17-7-12-21-18(13-17)8-3-4-9-18/h15-17,19H,3-14H2,1-2H3. The van der Waals surface area contributed by atoms with Crippen LogP contribution in [0.25, 0.3) is 0 Å². The third-order valence-electron chi connectivity index (χ3n) is 6.04. The minimum absolute atomic E-state index is 0.254. The van der Waals surface area contributed by atoms with Crippen molar-refractivity contribution in [2.45, 2.75) is 82.9 Å². The van der Waals surface area contributed by atoms with E-state index >= 15 is 0 Å². The molecule has 3 nitrogen and oxygen atoms in total. The van der Waals surface area contributed by atoms with Gasteiger partial charge in [-0.3, -0.25) is 4.90 Å². The number of piperidine rings is 1. The van der Waals surface area contributed by atoms with Crippen LogP contribution in [0.2, 0.25) is 0 Å². The van der Waals surface area contributed by atoms with Gasteiger partial charge in [-0.1, -0.05) is 12.8 Å². The van der Waals surface area contributed by atoms with Gasteiger partial charge in [0.1, 0.15) is 0 Å². The van der Waals surface area contributed by atoms with Crippen molar-refractivity contribution in [3.05, 3.63) is 0 Å². The van der Waals surface area contributed by atoms with Crippen LogP contribution in [-0.2, 0) is 4.74 Å². The van der Waals surface area contributed by atoms with Crippen LogP contribution in [0.15, 0.2) is 0 Å². The molecule has 0 radical (unpaired) electrons. The molecule has 0 aromatic heterocycles. The van der Waals surface area contributed by atoms with Crippen LogP contribution in [0.5, 0.6) is 0 Å². The molecular weight excluding hydrogens is 260 g/mol. The highest BCUT2D eigenvalue weighted by atomic mass is 16.5. The van der Waals surface area contributed by atoms with E-state index in [2.05, 4.69) is 24.1 Å². The highest BCUT2D eigenvalue weighted by Gasteiger charge is 2.42. The van der Waals surface area contributed by atoms with Crippen molar-refractivity contribution in [1.82, 2.24) is 10.2 Å². The molecule has 1 spiro atoms. The molecule has 0 aromatic carbocycles. The topological polar surface area (TPSA) is 24.5 Å². The van der Waals surface area contributed by atoms with Gasteiger partial charge >= 0.3 is 0 Å². The second kappa shape index (κ2) is 6.97. The van der Waals surface area contributed by atoms with E-state index in [9.17, 15) is 0 Å². The van der Waals surface area contributed by atoms with Crippen LogP contribution in [-0.4, -0.2) is 48.8 Å². The van der Waals surface area contributed by atoms with Gasteiger partial charge in [0.15, 0.2) is 0 Å². The lowest BCUT2D eigenvalue weighted by Crippen LogP contribution is -2.51. The van der Waals surface area contributed by atoms with Crippen LogP contribution in [0.3, 0.4) is 0 Å². The van der Waals surface area contributed by atoms with E-state index in [-0.39, 0.29) is 5.60 Å². The molecule has 0 bridgehead atoms. The third-order valence-corrected chi connectivity index (χ3v) is 6.04. The largest absolute Gasteiger partial charge is 0.375 e. The van der Waals surface area contributed by atoms with Crippen LogP contribution in [0, 0.1) is 5.92 Å². The lowest BCUT2D eigenvalue weighted by molar-refractivity contribution is -0.107. The molecule has 2 aliphatic heterocycles. The Morgan fingerprint density at radius 2 is 1.86 bits per heavy atom. The van der Waals surface area contributed by atoms with Crippen molar-refractivity contribution >= 4 is 0 Å². The van der Waals surface area contributed by atoms with E-state index in [1.165, 1.54) is 71.0 Å². The van der Waals surface area contributed by atoms with Crippen molar-refractivity contribution in [3.63, 3.8) is 0 Å². The zero-order chi connectivity index (χ0) is 14.7. The average Bonchev–Trinajstić information content (AvgIpc) is 2.93. The number of hydrogen-bond acceptors (Lipinski definition) is 3. The Hall–Kier alpha value is -0.120. The van der Waals surface area contributed by atoms with Gasteiger partial charge in [-0.15, -0.1) is 0 Å². The Labute approximate surface area is 130 Å². The van der Waals surface area contributed by atoms with Gasteiger partial charge < -0.3 is 10.1 Å². The van der Waals surface area contributed by atoms with Crippen molar-refractivity contribution in [2.75, 3.05) is 26.2 Å². The second-order valence-electron chi connectivity index (χ2n) is 7.87. The molecule has 3 fully saturated rings. The summed E-state index contributed by atoms with van der Waals surface area (Å²) in [6.45, 7) is 9.50. The van der Waals surface area contributed by atoms with Gasteiger partial charge in [0.05, 0.1) is 5.60 Å². The zero-order valence-corrected chi connectivity index (χ0v) is 14.1. The molecule has 2 saturated heterocycles. The van der Waals surface area contributed by atoms with E-state index in [0.29, 0.717) is 6.04 Å². The fraction of sp³-hybridized carbons (Fsp3) is 1.00. The number of rotatable bonds is 4. The van der Waals surface area contributed by atoms with Crippen LogP contribution in [0.4, 0.5) is 0 Å². The molecule has 3 rings (SSSR count). The Kier molecular flexibility index (Phi) is 5.23. The van der Waals surface area contributed by atoms with Gasteiger partial charge in [0, 0.05) is 25.2 Å². The smallest absolute Gasteiger partial charge is 0.0697 e. The maximum Gasteiger partial charge on any atom is 0.0697 e. The zero-order valence-electron chi connectivity index (χ0n) is 14.1. The first-order valence-electron chi connectivity index (χ1n) is 9.29. The van der Waals surface area contributed by atoms with Crippen LogP contribution in [0.1, 0.15) is 65.2 Å². The summed E-state index contributed by atoms with van der Waals surface area (Å²) in [5.41, 5.74) is 0.254. The summed E-state index contributed by atoms with van der Waals surface area (Å²) < 4.78 is 6.24. The average molecular weight is 294 g/mol. The van der Waals surface area contributed by atoms with Gasteiger partial charge in [0.25, 0.3) is 0 Å². The summed E-state index contributed by atoms with van der Waals surface area (Å²) in [4.78, 5) is 2.82. The summed E-state index contributed by atoms with van der Waals surface area (Å²) in [5, 5.41) is 3.50. The minimum atomic E-state index is 0.254. The Morgan fingerprint density at radius 3 is 2.52 bits per heavy atom. The minimum Gasteiger partial charge on any atom is -0.375 e. The SMILES string of the molecule is CC(C)N(CC1CCNCC1)C1CCOC2(CCCC2)C1. The molecule has 122 valence electrons. The van der Waals surface area contributed by atoms with E-state index in [0.717, 1.165) is 18.6 Å². The quantitative estimate of drug-likeness (QED) is 0.862. The normalized spacial score (nSPS) is 30.6. The van der Waals surface area contributed by atoms with Crippen molar-refractivity contribution < 1.29 is 4.74 Å². The van der Waals surface area contributed by atoms with Crippen molar-refractivity contribution in [1.29, 1.82) is 0 Å². The molecule has 21 heavy (non-hydrogen) atoms. The predicted octanol–water partition coefficient (Wildman–Crippen LogP) is 3.19. The highest BCUT2D eigenvalue weighted by Crippen LogP contribution is 2.41. The first kappa shape index (κ1) is 15.8. The molecule has 3 heteroatoms. The van der Waals surface area contributed by atoms with Crippen molar-refractivity contribution in [3.8, 4) is 0 Å². The fourth-order valence-corrected chi connectivity index (χ4v) is 4.80. The van der Waals surface area contributed by atoms with Gasteiger partial charge in [-0.2, -0.15) is 0 Å². The lowest BCUT2D eigenvalue weighted by atomic mass is 9.86. The van der Waals surface area contributed by atoms with Gasteiger partial charge in [0.2, 0.25) is 0 Å². The molecule has 0 aromatic rings. The van der Waals surface area contributed by atoms with E-state index in [1.807, 2.05) is 0 Å². The molecule has 0 amide bonds. The van der Waals surface area contributed by atoms with Crippen LogP contribution >= 0.6 is 0 Å². The highest BCUT2D eigenvalue weighted by molar-refractivity contribution is 4.95. The van der Waals surface area contributed by atoms with E-state index < -0.39 is 0 Å². The molecule has 1 atom stereocenters. The van der Waals surface area contributed by atoms with Crippen molar-refractivity contribution in [2.24, 2.45) is 5.92 Å². The number of ether oxygens (including phenoxy) is 1. The van der Waals surface area contributed by atoms with E-state index in [1.54, 1.807) is 0 Å². The monoisotopic (exact) mass is 294 g/mol. The first-order chi connectivity index (χ1) is 10.2. The van der Waals surface area contributed by atoms with Gasteiger partial charge in [-0.25, -0.2) is 0 Å². The van der Waals surface area contributed by atoms with E-state index in [4.69, 9.17) is 4.74 Å². The predicted molar refractivity (Wildman–Crippen MR) is 87.6 cm³/mol. The first-order valence-corrected chi connectivity index (χ1v) is 9.29. The van der Waals surface area contributed by atoms with Gasteiger partial charge in [-0.05, 0) is 71.4 Å². The molecule has 1 saturated carbocycles. The summed E-state index contributed by atoms with van der Waals surface area (Å²) in [5.74, 6) is 0.899. The molecule has 1 unspecified atom stereocenters. The third kappa shape index (κ3) is 3.80. The molecule has 1 aliphatic carbocycles. The summed E-state index contributed by atoms with van der Waals surface area (Å²) in [6.07, 6.45) is 10.6. The number of hydrogen-bond donors (Lipinski definition) is 1. The summed E-state index contributed by atoms with van der Waals surface area (Å²) in [7, 11) is 0. The Bertz CT molecular complexity index is 319. The second-order valence-corrected chi connectivity index (χ2v) is 7.87. The summed E-state index contributed by atoms with van der Waals surface area (Å²) >= 11 is 0.